The SMILES string of the molecule is C/C=C(/C)c1ccc([SiH3])cc1. The van der Waals surface area contributed by atoms with Gasteiger partial charge in [0.25, 0.3) is 0 Å². The fourth-order valence-electron chi connectivity index (χ4n) is 0.983. The third-order valence-corrected chi connectivity index (χ3v) is 2.61. The molecule has 0 unspecified atom stereocenters. The molecule has 0 atom stereocenters. The Morgan fingerprint density at radius 1 is 1.27 bits per heavy atom. The fraction of sp³-hybridized carbons (Fsp3) is 0.200. The molecule has 1 rings (SSSR count). The van der Waals surface area contributed by atoms with Gasteiger partial charge in [-0.15, -0.1) is 0 Å². The first-order valence-electron chi connectivity index (χ1n) is 3.94. The zero-order chi connectivity index (χ0) is 8.27. The van der Waals surface area contributed by atoms with E-state index in [2.05, 4.69) is 44.2 Å². The van der Waals surface area contributed by atoms with Crippen molar-refractivity contribution in [3.05, 3.63) is 35.9 Å². The molecule has 0 bridgehead atoms. The van der Waals surface area contributed by atoms with E-state index in [0.29, 0.717) is 0 Å². The lowest BCUT2D eigenvalue weighted by Crippen LogP contribution is -1.99. The molecular weight excluding hydrogens is 148 g/mol. The van der Waals surface area contributed by atoms with Crippen molar-refractivity contribution in [2.24, 2.45) is 0 Å². The molecule has 58 valence electrons. The zero-order valence-corrected chi connectivity index (χ0v) is 9.39. The molecule has 0 aliphatic carbocycles. The average Bonchev–Trinajstić information content (AvgIpc) is 2.05. The summed E-state index contributed by atoms with van der Waals surface area (Å²) in [6, 6.07) is 8.79. The molecule has 11 heavy (non-hydrogen) atoms. The minimum absolute atomic E-state index is 1.15. The molecule has 0 amide bonds. The number of benzene rings is 1. The van der Waals surface area contributed by atoms with Gasteiger partial charge in [0.1, 0.15) is 0 Å². The van der Waals surface area contributed by atoms with E-state index in [9.17, 15) is 0 Å². The summed E-state index contributed by atoms with van der Waals surface area (Å²) in [7, 11) is 1.15. The second-order valence-corrected chi connectivity index (χ2v) is 3.99. The van der Waals surface area contributed by atoms with Crippen LogP contribution in [-0.4, -0.2) is 10.2 Å². The van der Waals surface area contributed by atoms with Crippen LogP contribution in [0.4, 0.5) is 0 Å². The smallest absolute Gasteiger partial charge is 0.0384 e. The summed E-state index contributed by atoms with van der Waals surface area (Å²) in [5.74, 6) is 0. The van der Waals surface area contributed by atoms with Crippen LogP contribution in [0.3, 0.4) is 0 Å². The summed E-state index contributed by atoms with van der Waals surface area (Å²) >= 11 is 0. The largest absolute Gasteiger partial charge is 0.0841 e. The Balaban J connectivity index is 2.99. The summed E-state index contributed by atoms with van der Waals surface area (Å²) in [4.78, 5) is 0. The van der Waals surface area contributed by atoms with Gasteiger partial charge in [-0.1, -0.05) is 35.5 Å². The molecule has 0 fully saturated rings. The molecule has 0 nitrogen and oxygen atoms in total. The topological polar surface area (TPSA) is 0 Å². The van der Waals surface area contributed by atoms with Gasteiger partial charge in [0, 0.05) is 10.2 Å². The van der Waals surface area contributed by atoms with E-state index >= 15 is 0 Å². The summed E-state index contributed by atoms with van der Waals surface area (Å²) < 4.78 is 0. The van der Waals surface area contributed by atoms with Crippen molar-refractivity contribution in [3.63, 3.8) is 0 Å². The Morgan fingerprint density at radius 2 is 1.82 bits per heavy atom. The Labute approximate surface area is 71.4 Å². The maximum absolute atomic E-state index is 2.20. The monoisotopic (exact) mass is 162 g/mol. The van der Waals surface area contributed by atoms with E-state index in [1.807, 2.05) is 0 Å². The van der Waals surface area contributed by atoms with Crippen LogP contribution in [0.25, 0.3) is 5.57 Å². The first kappa shape index (κ1) is 8.28. The van der Waals surface area contributed by atoms with Crippen LogP contribution in [0.1, 0.15) is 19.4 Å². The minimum atomic E-state index is 1.15. The molecule has 0 aromatic heterocycles. The third kappa shape index (κ3) is 2.05. The Hall–Kier alpha value is -0.823. The summed E-state index contributed by atoms with van der Waals surface area (Å²) in [6.45, 7) is 4.21. The molecule has 0 saturated carbocycles. The van der Waals surface area contributed by atoms with Crippen molar-refractivity contribution in [3.8, 4) is 0 Å². The summed E-state index contributed by atoms with van der Waals surface area (Å²) in [5, 5.41) is 1.46. The predicted octanol–water partition coefficient (Wildman–Crippen LogP) is 1.10. The zero-order valence-electron chi connectivity index (χ0n) is 7.39. The second-order valence-electron chi connectivity index (χ2n) is 2.84. The van der Waals surface area contributed by atoms with Crippen LogP contribution in [0, 0.1) is 0 Å². The maximum atomic E-state index is 2.20. The van der Waals surface area contributed by atoms with Gasteiger partial charge in [0.2, 0.25) is 0 Å². The second kappa shape index (κ2) is 3.53. The third-order valence-electron chi connectivity index (χ3n) is 1.94. The molecule has 0 heterocycles. The van der Waals surface area contributed by atoms with Crippen LogP contribution in [0.2, 0.25) is 0 Å². The van der Waals surface area contributed by atoms with Crippen LogP contribution in [0.15, 0.2) is 30.3 Å². The first-order valence-corrected chi connectivity index (χ1v) is 4.94. The van der Waals surface area contributed by atoms with Crippen molar-refractivity contribution < 1.29 is 0 Å². The lowest BCUT2D eigenvalue weighted by Gasteiger charge is -1.99. The highest BCUT2D eigenvalue weighted by Crippen LogP contribution is 2.10. The first-order chi connectivity index (χ1) is 5.24. The summed E-state index contributed by atoms with van der Waals surface area (Å²) in [6.07, 6.45) is 2.14. The Morgan fingerprint density at radius 3 is 2.27 bits per heavy atom. The van der Waals surface area contributed by atoms with E-state index in [0.717, 1.165) is 10.2 Å². The predicted molar refractivity (Wildman–Crippen MR) is 55.3 cm³/mol. The molecule has 0 N–H and O–H groups in total. The summed E-state index contributed by atoms with van der Waals surface area (Å²) in [5.41, 5.74) is 2.69. The van der Waals surface area contributed by atoms with Crippen molar-refractivity contribution in [1.29, 1.82) is 0 Å². The number of hydrogen-bond donors (Lipinski definition) is 0. The van der Waals surface area contributed by atoms with Crippen molar-refractivity contribution in [2.75, 3.05) is 0 Å². The van der Waals surface area contributed by atoms with E-state index in [-0.39, 0.29) is 0 Å². The van der Waals surface area contributed by atoms with Gasteiger partial charge in [-0.05, 0) is 25.0 Å². The van der Waals surface area contributed by atoms with E-state index in [4.69, 9.17) is 0 Å². The van der Waals surface area contributed by atoms with Crippen molar-refractivity contribution in [2.45, 2.75) is 13.8 Å². The van der Waals surface area contributed by atoms with Crippen LogP contribution in [0.5, 0.6) is 0 Å². The van der Waals surface area contributed by atoms with Crippen LogP contribution >= 0.6 is 0 Å². The maximum Gasteiger partial charge on any atom is 0.0384 e. The highest BCUT2D eigenvalue weighted by atomic mass is 28.1. The van der Waals surface area contributed by atoms with E-state index < -0.39 is 0 Å². The van der Waals surface area contributed by atoms with E-state index in [1.54, 1.807) is 0 Å². The lowest BCUT2D eigenvalue weighted by atomic mass is 10.1. The molecule has 0 spiro atoms. The van der Waals surface area contributed by atoms with Crippen LogP contribution in [-0.2, 0) is 0 Å². The fourth-order valence-corrected chi connectivity index (χ4v) is 1.32. The standard InChI is InChI=1S/C10H14Si/c1-3-8(2)9-4-6-10(11)7-5-9/h3-7H,1-2,11H3/b8-3-. The minimum Gasteiger partial charge on any atom is -0.0841 e. The molecule has 0 radical (unpaired) electrons. The molecule has 1 aromatic rings. The molecule has 1 heteroatoms. The van der Waals surface area contributed by atoms with Crippen molar-refractivity contribution in [1.82, 2.24) is 0 Å². The molecule has 0 saturated heterocycles. The number of hydrogen-bond acceptors (Lipinski definition) is 0. The lowest BCUT2D eigenvalue weighted by molar-refractivity contribution is 1.56. The van der Waals surface area contributed by atoms with Gasteiger partial charge >= 0.3 is 0 Å². The Bertz CT molecular complexity index is 257. The normalized spacial score (nSPS) is 12.0. The highest BCUT2D eigenvalue weighted by Gasteiger charge is 1.91. The van der Waals surface area contributed by atoms with Crippen LogP contribution < -0.4 is 5.19 Å². The van der Waals surface area contributed by atoms with Crippen molar-refractivity contribution >= 4 is 21.0 Å². The number of allylic oxidation sites excluding steroid dienone is 2. The molecule has 1 aromatic carbocycles. The molecule has 0 aliphatic heterocycles. The van der Waals surface area contributed by atoms with Gasteiger partial charge in [-0.25, -0.2) is 0 Å². The van der Waals surface area contributed by atoms with Gasteiger partial charge in [-0.3, -0.25) is 0 Å². The average molecular weight is 162 g/mol. The molecule has 0 aliphatic rings. The number of rotatable bonds is 1. The van der Waals surface area contributed by atoms with Gasteiger partial charge < -0.3 is 0 Å². The highest BCUT2D eigenvalue weighted by molar-refractivity contribution is 6.32. The van der Waals surface area contributed by atoms with Gasteiger partial charge in [0.15, 0.2) is 0 Å². The van der Waals surface area contributed by atoms with Gasteiger partial charge in [-0.2, -0.15) is 0 Å². The quantitative estimate of drug-likeness (QED) is 0.543. The Kier molecular flexibility index (Phi) is 2.66. The molecular formula is C10H14Si. The van der Waals surface area contributed by atoms with Gasteiger partial charge in [0.05, 0.1) is 0 Å². The van der Waals surface area contributed by atoms with E-state index in [1.165, 1.54) is 16.3 Å².